The lowest BCUT2D eigenvalue weighted by Crippen LogP contribution is -1.96. The van der Waals surface area contributed by atoms with Crippen LogP contribution in [0.3, 0.4) is 0 Å². The van der Waals surface area contributed by atoms with E-state index in [-0.39, 0.29) is 0 Å². The van der Waals surface area contributed by atoms with Gasteiger partial charge in [-0.05, 0) is 30.2 Å². The molecule has 0 fully saturated rings. The summed E-state index contributed by atoms with van der Waals surface area (Å²) >= 11 is 3.49. The third kappa shape index (κ3) is 4.22. The number of methoxy groups -OCH3 is 1. The normalized spacial score (nSPS) is 10.3. The van der Waals surface area contributed by atoms with Gasteiger partial charge in [0.1, 0.15) is 5.75 Å². The van der Waals surface area contributed by atoms with Crippen LogP contribution in [-0.4, -0.2) is 13.7 Å². The van der Waals surface area contributed by atoms with Crippen LogP contribution >= 0.6 is 15.9 Å². The minimum absolute atomic E-state index is 0.637. The van der Waals surface area contributed by atoms with Crippen molar-refractivity contribution in [3.63, 3.8) is 0 Å². The molecular formula is C12H17BrO2. The van der Waals surface area contributed by atoms with Gasteiger partial charge in [0.25, 0.3) is 0 Å². The molecule has 0 aliphatic rings. The fourth-order valence-corrected chi connectivity index (χ4v) is 1.58. The zero-order chi connectivity index (χ0) is 11.1. The van der Waals surface area contributed by atoms with Crippen molar-refractivity contribution in [1.82, 2.24) is 0 Å². The van der Waals surface area contributed by atoms with Gasteiger partial charge in [-0.15, -0.1) is 0 Å². The van der Waals surface area contributed by atoms with Crippen molar-refractivity contribution < 1.29 is 9.47 Å². The Bertz CT molecular complexity index is 300. The molecule has 0 saturated carbocycles. The molecule has 0 heterocycles. The van der Waals surface area contributed by atoms with Gasteiger partial charge < -0.3 is 9.47 Å². The van der Waals surface area contributed by atoms with Crippen LogP contribution in [0.1, 0.15) is 25.3 Å². The Morgan fingerprint density at radius 2 is 2.13 bits per heavy atom. The monoisotopic (exact) mass is 272 g/mol. The molecule has 1 rings (SSSR count). The average Bonchev–Trinajstić information content (AvgIpc) is 2.26. The van der Waals surface area contributed by atoms with Crippen LogP contribution in [-0.2, 0) is 11.3 Å². The molecule has 84 valence electrons. The van der Waals surface area contributed by atoms with Gasteiger partial charge in [0.2, 0.25) is 0 Å². The molecule has 15 heavy (non-hydrogen) atoms. The SMILES string of the molecule is CCCCOCc1cc(OC)ccc1Br. The molecule has 2 nitrogen and oxygen atoms in total. The van der Waals surface area contributed by atoms with Gasteiger partial charge in [-0.1, -0.05) is 29.3 Å². The molecule has 0 spiro atoms. The van der Waals surface area contributed by atoms with Gasteiger partial charge in [0.05, 0.1) is 13.7 Å². The van der Waals surface area contributed by atoms with E-state index in [2.05, 4.69) is 22.9 Å². The molecule has 0 atom stereocenters. The van der Waals surface area contributed by atoms with E-state index in [4.69, 9.17) is 9.47 Å². The molecule has 0 unspecified atom stereocenters. The van der Waals surface area contributed by atoms with Gasteiger partial charge in [-0.25, -0.2) is 0 Å². The Kier molecular flexibility index (Phi) is 5.73. The first-order valence-electron chi connectivity index (χ1n) is 5.18. The van der Waals surface area contributed by atoms with Crippen molar-refractivity contribution in [2.45, 2.75) is 26.4 Å². The number of unbranched alkanes of at least 4 members (excludes halogenated alkanes) is 1. The van der Waals surface area contributed by atoms with Crippen LogP contribution < -0.4 is 4.74 Å². The van der Waals surface area contributed by atoms with Gasteiger partial charge in [-0.2, -0.15) is 0 Å². The Morgan fingerprint density at radius 1 is 1.33 bits per heavy atom. The lowest BCUT2D eigenvalue weighted by atomic mass is 10.2. The molecular weight excluding hydrogens is 256 g/mol. The van der Waals surface area contributed by atoms with E-state index in [0.717, 1.165) is 28.8 Å². The second kappa shape index (κ2) is 6.85. The highest BCUT2D eigenvalue weighted by Crippen LogP contribution is 2.23. The summed E-state index contributed by atoms with van der Waals surface area (Å²) < 4.78 is 11.8. The second-order valence-corrected chi connectivity index (χ2v) is 4.22. The van der Waals surface area contributed by atoms with Crippen molar-refractivity contribution in [3.8, 4) is 5.75 Å². The fraction of sp³-hybridized carbons (Fsp3) is 0.500. The van der Waals surface area contributed by atoms with Gasteiger partial charge in [-0.3, -0.25) is 0 Å². The number of benzene rings is 1. The van der Waals surface area contributed by atoms with E-state index in [1.165, 1.54) is 6.42 Å². The first kappa shape index (κ1) is 12.5. The number of hydrogen-bond acceptors (Lipinski definition) is 2. The predicted octanol–water partition coefficient (Wildman–Crippen LogP) is 3.77. The Balaban J connectivity index is 2.51. The molecule has 1 aromatic rings. The minimum Gasteiger partial charge on any atom is -0.497 e. The molecule has 0 amide bonds. The maximum Gasteiger partial charge on any atom is 0.119 e. The molecule has 0 saturated heterocycles. The molecule has 0 aromatic heterocycles. The smallest absolute Gasteiger partial charge is 0.119 e. The van der Waals surface area contributed by atoms with E-state index in [9.17, 15) is 0 Å². The summed E-state index contributed by atoms with van der Waals surface area (Å²) in [5.41, 5.74) is 1.13. The van der Waals surface area contributed by atoms with E-state index in [1.807, 2.05) is 18.2 Å². The second-order valence-electron chi connectivity index (χ2n) is 3.36. The van der Waals surface area contributed by atoms with Crippen LogP contribution in [0, 0.1) is 0 Å². The minimum atomic E-state index is 0.637. The maximum atomic E-state index is 5.55. The van der Waals surface area contributed by atoms with Gasteiger partial charge in [0.15, 0.2) is 0 Å². The third-order valence-electron chi connectivity index (χ3n) is 2.15. The summed E-state index contributed by atoms with van der Waals surface area (Å²) in [7, 11) is 1.67. The first-order chi connectivity index (χ1) is 7.27. The zero-order valence-corrected chi connectivity index (χ0v) is 10.8. The summed E-state index contributed by atoms with van der Waals surface area (Å²) in [6, 6.07) is 5.91. The third-order valence-corrected chi connectivity index (χ3v) is 2.93. The highest BCUT2D eigenvalue weighted by molar-refractivity contribution is 9.10. The highest BCUT2D eigenvalue weighted by atomic mass is 79.9. The topological polar surface area (TPSA) is 18.5 Å². The summed E-state index contributed by atoms with van der Waals surface area (Å²) in [5.74, 6) is 0.868. The van der Waals surface area contributed by atoms with Crippen molar-refractivity contribution >= 4 is 15.9 Å². The number of ether oxygens (including phenoxy) is 2. The summed E-state index contributed by atoms with van der Waals surface area (Å²) in [6.45, 7) is 3.61. The fourth-order valence-electron chi connectivity index (χ4n) is 1.22. The van der Waals surface area contributed by atoms with E-state index < -0.39 is 0 Å². The highest BCUT2D eigenvalue weighted by Gasteiger charge is 2.01. The molecule has 0 aliphatic carbocycles. The molecule has 0 bridgehead atoms. The lowest BCUT2D eigenvalue weighted by molar-refractivity contribution is 0.117. The summed E-state index contributed by atoms with van der Waals surface area (Å²) in [6.07, 6.45) is 2.28. The van der Waals surface area contributed by atoms with Gasteiger partial charge in [0, 0.05) is 11.1 Å². The Morgan fingerprint density at radius 3 is 2.80 bits per heavy atom. The quantitative estimate of drug-likeness (QED) is 0.734. The van der Waals surface area contributed by atoms with Crippen molar-refractivity contribution in [1.29, 1.82) is 0 Å². The van der Waals surface area contributed by atoms with Crippen LogP contribution in [0.15, 0.2) is 22.7 Å². The largest absolute Gasteiger partial charge is 0.497 e. The zero-order valence-electron chi connectivity index (χ0n) is 9.25. The van der Waals surface area contributed by atoms with E-state index >= 15 is 0 Å². The predicted molar refractivity (Wildman–Crippen MR) is 65.3 cm³/mol. The maximum absolute atomic E-state index is 5.55. The number of rotatable bonds is 6. The molecule has 3 heteroatoms. The molecule has 1 aromatic carbocycles. The van der Waals surface area contributed by atoms with E-state index in [0.29, 0.717) is 6.61 Å². The van der Waals surface area contributed by atoms with Crippen molar-refractivity contribution in [2.75, 3.05) is 13.7 Å². The van der Waals surface area contributed by atoms with Crippen molar-refractivity contribution in [3.05, 3.63) is 28.2 Å². The lowest BCUT2D eigenvalue weighted by Gasteiger charge is -2.08. The van der Waals surface area contributed by atoms with Crippen LogP contribution in [0.25, 0.3) is 0 Å². The Hall–Kier alpha value is -0.540. The van der Waals surface area contributed by atoms with Gasteiger partial charge >= 0.3 is 0 Å². The number of halogens is 1. The summed E-state index contributed by atoms with van der Waals surface area (Å²) in [5, 5.41) is 0. The summed E-state index contributed by atoms with van der Waals surface area (Å²) in [4.78, 5) is 0. The first-order valence-corrected chi connectivity index (χ1v) is 5.97. The van der Waals surface area contributed by atoms with Crippen molar-refractivity contribution in [2.24, 2.45) is 0 Å². The van der Waals surface area contributed by atoms with E-state index in [1.54, 1.807) is 7.11 Å². The average molecular weight is 273 g/mol. The van der Waals surface area contributed by atoms with Crippen LogP contribution in [0.4, 0.5) is 0 Å². The number of hydrogen-bond donors (Lipinski definition) is 0. The molecule has 0 N–H and O–H groups in total. The van der Waals surface area contributed by atoms with Crippen LogP contribution in [0.5, 0.6) is 5.75 Å². The standard InChI is InChI=1S/C12H17BrO2/c1-3-4-7-15-9-10-8-11(14-2)5-6-12(10)13/h5-6,8H,3-4,7,9H2,1-2H3. The molecule has 0 radical (unpaired) electrons. The Labute approximate surface area is 99.7 Å². The molecule has 0 aliphatic heterocycles. The van der Waals surface area contributed by atoms with Crippen LogP contribution in [0.2, 0.25) is 0 Å².